The molecule has 0 radical (unpaired) electrons. The lowest BCUT2D eigenvalue weighted by Crippen LogP contribution is -2.40. The van der Waals surface area contributed by atoms with Crippen molar-refractivity contribution >= 4 is 0 Å². The fourth-order valence-corrected chi connectivity index (χ4v) is 3.44. The highest BCUT2D eigenvalue weighted by molar-refractivity contribution is 4.81. The first-order valence-electron chi connectivity index (χ1n) is 7.77. The Bertz CT molecular complexity index is 211. The van der Waals surface area contributed by atoms with E-state index in [2.05, 4.69) is 24.1 Å². The average Bonchev–Trinajstić information content (AvgIpc) is 2.78. The van der Waals surface area contributed by atoms with E-state index in [9.17, 15) is 0 Å². The average molecular weight is 238 g/mol. The zero-order valence-corrected chi connectivity index (χ0v) is 11.8. The summed E-state index contributed by atoms with van der Waals surface area (Å²) in [4.78, 5) is 2.74. The highest BCUT2D eigenvalue weighted by Gasteiger charge is 2.23. The van der Waals surface area contributed by atoms with Crippen LogP contribution in [0.25, 0.3) is 0 Å². The van der Waals surface area contributed by atoms with E-state index in [1.807, 2.05) is 0 Å². The van der Waals surface area contributed by atoms with Gasteiger partial charge >= 0.3 is 0 Å². The van der Waals surface area contributed by atoms with E-state index < -0.39 is 0 Å². The van der Waals surface area contributed by atoms with Gasteiger partial charge in [-0.15, -0.1) is 0 Å². The van der Waals surface area contributed by atoms with Crippen molar-refractivity contribution < 1.29 is 0 Å². The van der Waals surface area contributed by atoms with Gasteiger partial charge < -0.3 is 5.32 Å². The van der Waals surface area contributed by atoms with Crippen molar-refractivity contribution in [3.8, 4) is 0 Å². The van der Waals surface area contributed by atoms with Crippen LogP contribution in [0.1, 0.15) is 58.8 Å². The molecule has 1 saturated heterocycles. The standard InChI is InChI=1S/C15H30N2/c1-3-15-12-17(13(2)8-10-16-15)11-9-14-6-4-5-7-14/h13-16H,3-12H2,1-2H3. The van der Waals surface area contributed by atoms with Crippen LogP contribution in [0.15, 0.2) is 0 Å². The van der Waals surface area contributed by atoms with Gasteiger partial charge in [0, 0.05) is 18.6 Å². The molecular weight excluding hydrogens is 208 g/mol. The third-order valence-corrected chi connectivity index (χ3v) is 4.87. The zero-order valence-electron chi connectivity index (χ0n) is 11.8. The fourth-order valence-electron chi connectivity index (χ4n) is 3.44. The summed E-state index contributed by atoms with van der Waals surface area (Å²) in [6.07, 6.45) is 10.0. The molecule has 0 spiro atoms. The Kier molecular flexibility index (Phi) is 5.30. The zero-order chi connectivity index (χ0) is 12.1. The van der Waals surface area contributed by atoms with Gasteiger partial charge in [-0.3, -0.25) is 4.90 Å². The maximum atomic E-state index is 3.68. The van der Waals surface area contributed by atoms with Crippen LogP contribution in [-0.2, 0) is 0 Å². The third-order valence-electron chi connectivity index (χ3n) is 4.87. The predicted octanol–water partition coefficient (Wildman–Crippen LogP) is 3.03. The third kappa shape index (κ3) is 3.96. The molecule has 2 heteroatoms. The first-order valence-corrected chi connectivity index (χ1v) is 7.77. The first kappa shape index (κ1) is 13.4. The van der Waals surface area contributed by atoms with Gasteiger partial charge in [-0.25, -0.2) is 0 Å². The lowest BCUT2D eigenvalue weighted by Gasteiger charge is -2.29. The molecule has 1 heterocycles. The topological polar surface area (TPSA) is 15.3 Å². The molecule has 1 aliphatic heterocycles. The van der Waals surface area contributed by atoms with Crippen LogP contribution in [0.3, 0.4) is 0 Å². The Morgan fingerprint density at radius 2 is 1.94 bits per heavy atom. The molecular formula is C15H30N2. The van der Waals surface area contributed by atoms with Gasteiger partial charge in [-0.2, -0.15) is 0 Å². The van der Waals surface area contributed by atoms with Crippen molar-refractivity contribution in [3.05, 3.63) is 0 Å². The SMILES string of the molecule is CCC1CN(CCC2CCCC2)C(C)CCN1. The van der Waals surface area contributed by atoms with Crippen LogP contribution in [0.5, 0.6) is 0 Å². The predicted molar refractivity (Wildman–Crippen MR) is 74.3 cm³/mol. The van der Waals surface area contributed by atoms with Gasteiger partial charge in [-0.1, -0.05) is 32.6 Å². The molecule has 0 aromatic heterocycles. The second-order valence-corrected chi connectivity index (χ2v) is 6.13. The van der Waals surface area contributed by atoms with Crippen LogP contribution in [0.4, 0.5) is 0 Å². The van der Waals surface area contributed by atoms with Gasteiger partial charge in [0.25, 0.3) is 0 Å². The maximum absolute atomic E-state index is 3.68. The second kappa shape index (κ2) is 6.75. The summed E-state index contributed by atoms with van der Waals surface area (Å²) in [5.74, 6) is 1.04. The van der Waals surface area contributed by atoms with Crippen LogP contribution >= 0.6 is 0 Å². The van der Waals surface area contributed by atoms with Crippen molar-refractivity contribution in [1.29, 1.82) is 0 Å². The van der Waals surface area contributed by atoms with Crippen molar-refractivity contribution in [2.75, 3.05) is 19.6 Å². The number of hydrogen-bond acceptors (Lipinski definition) is 2. The van der Waals surface area contributed by atoms with Crippen LogP contribution in [0.2, 0.25) is 0 Å². The Morgan fingerprint density at radius 3 is 2.65 bits per heavy atom. The summed E-state index contributed by atoms with van der Waals surface area (Å²) in [5.41, 5.74) is 0. The Morgan fingerprint density at radius 1 is 1.18 bits per heavy atom. The van der Waals surface area contributed by atoms with Gasteiger partial charge in [0.1, 0.15) is 0 Å². The molecule has 1 saturated carbocycles. The summed E-state index contributed by atoms with van der Waals surface area (Å²) in [5, 5.41) is 3.68. The lowest BCUT2D eigenvalue weighted by atomic mass is 10.0. The minimum atomic E-state index is 0.725. The van der Waals surface area contributed by atoms with E-state index in [1.54, 1.807) is 0 Å². The lowest BCUT2D eigenvalue weighted by molar-refractivity contribution is 0.189. The fraction of sp³-hybridized carbons (Fsp3) is 1.00. The minimum Gasteiger partial charge on any atom is -0.313 e. The molecule has 2 nitrogen and oxygen atoms in total. The van der Waals surface area contributed by atoms with E-state index in [1.165, 1.54) is 64.6 Å². The molecule has 1 aliphatic carbocycles. The number of nitrogens with zero attached hydrogens (tertiary/aromatic N) is 1. The number of rotatable bonds is 4. The van der Waals surface area contributed by atoms with Gasteiger partial charge in [-0.05, 0) is 45.2 Å². The molecule has 0 aromatic carbocycles. The summed E-state index contributed by atoms with van der Waals surface area (Å²) < 4.78 is 0. The van der Waals surface area contributed by atoms with E-state index in [-0.39, 0.29) is 0 Å². The van der Waals surface area contributed by atoms with Crippen LogP contribution in [0, 0.1) is 5.92 Å². The van der Waals surface area contributed by atoms with E-state index in [0.717, 1.165) is 18.0 Å². The molecule has 0 bridgehead atoms. The van der Waals surface area contributed by atoms with Gasteiger partial charge in [0.15, 0.2) is 0 Å². The molecule has 1 N–H and O–H groups in total. The van der Waals surface area contributed by atoms with Crippen molar-refractivity contribution in [1.82, 2.24) is 10.2 Å². The quantitative estimate of drug-likeness (QED) is 0.810. The normalized spacial score (nSPS) is 32.8. The van der Waals surface area contributed by atoms with E-state index in [0.29, 0.717) is 0 Å². The minimum absolute atomic E-state index is 0.725. The van der Waals surface area contributed by atoms with Gasteiger partial charge in [0.05, 0.1) is 0 Å². The molecule has 2 fully saturated rings. The Labute approximate surface area is 107 Å². The van der Waals surface area contributed by atoms with Crippen LogP contribution in [-0.4, -0.2) is 36.6 Å². The highest BCUT2D eigenvalue weighted by atomic mass is 15.2. The summed E-state index contributed by atoms with van der Waals surface area (Å²) >= 11 is 0. The van der Waals surface area contributed by atoms with Crippen molar-refractivity contribution in [2.24, 2.45) is 5.92 Å². The van der Waals surface area contributed by atoms with Crippen molar-refractivity contribution in [3.63, 3.8) is 0 Å². The number of nitrogens with one attached hydrogen (secondary N) is 1. The highest BCUT2D eigenvalue weighted by Crippen LogP contribution is 2.28. The van der Waals surface area contributed by atoms with Gasteiger partial charge in [0.2, 0.25) is 0 Å². The maximum Gasteiger partial charge on any atom is 0.0192 e. The molecule has 2 aliphatic rings. The summed E-state index contributed by atoms with van der Waals surface area (Å²) in [7, 11) is 0. The Balaban J connectivity index is 1.78. The number of hydrogen-bond donors (Lipinski definition) is 1. The largest absolute Gasteiger partial charge is 0.313 e. The van der Waals surface area contributed by atoms with E-state index >= 15 is 0 Å². The molecule has 2 unspecified atom stereocenters. The molecule has 17 heavy (non-hydrogen) atoms. The molecule has 100 valence electrons. The monoisotopic (exact) mass is 238 g/mol. The summed E-state index contributed by atoms with van der Waals surface area (Å²) in [6, 6.07) is 1.50. The molecule has 0 aromatic rings. The molecule has 2 atom stereocenters. The second-order valence-electron chi connectivity index (χ2n) is 6.13. The summed E-state index contributed by atoms with van der Waals surface area (Å²) in [6.45, 7) is 8.53. The van der Waals surface area contributed by atoms with E-state index in [4.69, 9.17) is 0 Å². The van der Waals surface area contributed by atoms with Crippen molar-refractivity contribution in [2.45, 2.75) is 70.9 Å². The molecule has 2 rings (SSSR count). The Hall–Kier alpha value is -0.0800. The molecule has 0 amide bonds. The smallest absolute Gasteiger partial charge is 0.0192 e. The first-order chi connectivity index (χ1) is 8.29. The van der Waals surface area contributed by atoms with Crippen LogP contribution < -0.4 is 5.32 Å².